The Hall–Kier alpha value is -1.64. The number of carbonyl (C=O) groups is 1. The first-order chi connectivity index (χ1) is 12.7. The molecule has 156 valence electrons. The normalized spacial score (nSPS) is 19.5. The molecule has 2 atom stereocenters. The van der Waals surface area contributed by atoms with E-state index in [4.69, 9.17) is 4.74 Å². The van der Waals surface area contributed by atoms with E-state index in [2.05, 4.69) is 10.1 Å². The summed E-state index contributed by atoms with van der Waals surface area (Å²) in [7, 11) is 0. The van der Waals surface area contributed by atoms with Crippen LogP contribution in [-0.4, -0.2) is 46.5 Å². The van der Waals surface area contributed by atoms with Crippen molar-refractivity contribution in [1.29, 1.82) is 0 Å². The maximum Gasteiger partial charge on any atom is 0.429 e. The van der Waals surface area contributed by atoms with E-state index in [1.54, 1.807) is 6.92 Å². The Balaban J connectivity index is 2.07. The lowest BCUT2D eigenvalue weighted by atomic mass is 10.0. The summed E-state index contributed by atoms with van der Waals surface area (Å²) in [5.41, 5.74) is -4.90. The summed E-state index contributed by atoms with van der Waals surface area (Å²) >= 11 is 1.91. The minimum Gasteiger partial charge on any atom is -0.490 e. The fraction of sp³-hybridized carbons (Fsp3) is 0.533. The molecule has 1 N–H and O–H groups in total. The lowest BCUT2D eigenvalue weighted by Crippen LogP contribution is -2.59. The van der Waals surface area contributed by atoms with Crippen LogP contribution in [0.25, 0.3) is 0 Å². The molecule has 1 fully saturated rings. The number of benzene rings is 1. The summed E-state index contributed by atoms with van der Waals surface area (Å²) in [6.07, 6.45) is -12.0. The van der Waals surface area contributed by atoms with Gasteiger partial charge < -0.3 is 14.8 Å². The fourth-order valence-corrected chi connectivity index (χ4v) is 2.59. The van der Waals surface area contributed by atoms with E-state index in [0.29, 0.717) is 6.54 Å². The molecule has 6 nitrogen and oxygen atoms in total. The zero-order valence-corrected chi connectivity index (χ0v) is 16.2. The number of nitrogens with one attached hydrogen (secondary N) is 1. The van der Waals surface area contributed by atoms with Crippen molar-refractivity contribution in [2.24, 2.45) is 5.18 Å². The zero-order chi connectivity index (χ0) is 21.4. The van der Waals surface area contributed by atoms with Gasteiger partial charge in [-0.1, -0.05) is 22.6 Å². The number of nitrogens with zero attached hydrogens (tertiary/aromatic N) is 1. The highest BCUT2D eigenvalue weighted by molar-refractivity contribution is 14.1. The first-order valence-corrected chi connectivity index (χ1v) is 8.68. The summed E-state index contributed by atoms with van der Waals surface area (Å²) < 4.78 is 85.6. The molecule has 0 spiro atoms. The highest BCUT2D eigenvalue weighted by Crippen LogP contribution is 2.46. The van der Waals surface area contributed by atoms with Crippen LogP contribution in [0.5, 0.6) is 11.5 Å². The van der Waals surface area contributed by atoms with E-state index >= 15 is 0 Å². The van der Waals surface area contributed by atoms with Crippen LogP contribution in [0.4, 0.5) is 26.3 Å². The van der Waals surface area contributed by atoms with Crippen LogP contribution >= 0.6 is 22.6 Å². The molecule has 0 aliphatic carbocycles. The van der Waals surface area contributed by atoms with Gasteiger partial charge in [0.05, 0.1) is 0 Å². The Morgan fingerprint density at radius 2 is 1.61 bits per heavy atom. The van der Waals surface area contributed by atoms with Crippen molar-refractivity contribution in [3.05, 3.63) is 29.2 Å². The molecule has 1 heterocycles. The average Bonchev–Trinajstić information content (AvgIpc) is 3.40. The highest BCUT2D eigenvalue weighted by Gasteiger charge is 2.74. The van der Waals surface area contributed by atoms with E-state index < -0.39 is 39.6 Å². The van der Waals surface area contributed by atoms with Gasteiger partial charge in [-0.2, -0.15) is 26.3 Å². The first-order valence-electron chi connectivity index (χ1n) is 7.60. The third-order valence-corrected chi connectivity index (χ3v) is 5.23. The quantitative estimate of drug-likeness (QED) is 0.111. The van der Waals surface area contributed by atoms with Gasteiger partial charge >= 0.3 is 23.9 Å². The van der Waals surface area contributed by atoms with E-state index in [0.717, 1.165) is 24.3 Å². The number of esters is 1. The van der Waals surface area contributed by atoms with Gasteiger partial charge in [-0.25, -0.2) is 0 Å². The number of hydrogen-bond donors (Lipinski definition) is 1. The predicted octanol–water partition coefficient (Wildman–Crippen LogP) is 3.77. The molecule has 0 aromatic heterocycles. The summed E-state index contributed by atoms with van der Waals surface area (Å²) in [5, 5.41) is 4.25. The van der Waals surface area contributed by atoms with Gasteiger partial charge in [-0.15, -0.1) is 4.91 Å². The Kier molecular flexibility index (Phi) is 6.19. The maximum atomic E-state index is 12.8. The molecule has 1 saturated heterocycles. The lowest BCUT2D eigenvalue weighted by molar-refractivity contribution is -0.301. The number of carbonyl (C=O) groups excluding carboxylic acids is 1. The van der Waals surface area contributed by atoms with Gasteiger partial charge in [0.15, 0.2) is 0 Å². The summed E-state index contributed by atoms with van der Waals surface area (Å²) in [6.45, 7) is 0.215. The number of ether oxygens (including phenoxy) is 2. The fourth-order valence-electron chi connectivity index (χ4n) is 2.04. The average molecular weight is 526 g/mol. The first kappa shape index (κ1) is 22.6. The van der Waals surface area contributed by atoms with Crippen LogP contribution in [0.3, 0.4) is 0 Å². The molecule has 0 amide bonds. The molecule has 2 rings (SSSR count). The SMILES string of the molecule is CC(I)(C(=O)Oc1ccc(OCC(N=O)(C(F)(F)F)C(F)(F)F)cc1)C1CN1. The third kappa shape index (κ3) is 4.50. The molecule has 1 aliphatic rings. The molecule has 13 heteroatoms. The van der Waals surface area contributed by atoms with Gasteiger partial charge in [0.25, 0.3) is 0 Å². The lowest BCUT2D eigenvalue weighted by Gasteiger charge is -2.30. The second kappa shape index (κ2) is 7.65. The molecule has 2 unspecified atom stereocenters. The molecule has 1 aromatic rings. The maximum absolute atomic E-state index is 12.8. The summed E-state index contributed by atoms with van der Waals surface area (Å²) in [4.78, 5) is 22.6. The van der Waals surface area contributed by atoms with Crippen molar-refractivity contribution in [1.82, 2.24) is 5.32 Å². The van der Waals surface area contributed by atoms with Crippen molar-refractivity contribution in [3.63, 3.8) is 0 Å². The number of nitroso groups, excluding NO2 is 1. The van der Waals surface area contributed by atoms with Crippen molar-refractivity contribution in [3.8, 4) is 11.5 Å². The zero-order valence-electron chi connectivity index (χ0n) is 14.0. The van der Waals surface area contributed by atoms with Crippen LogP contribution in [-0.2, 0) is 4.79 Å². The molecule has 0 radical (unpaired) electrons. The van der Waals surface area contributed by atoms with Gasteiger partial charge in [0.1, 0.15) is 21.5 Å². The smallest absolute Gasteiger partial charge is 0.429 e. The Labute approximate surface area is 168 Å². The molecule has 0 saturated carbocycles. The highest BCUT2D eigenvalue weighted by atomic mass is 127. The Morgan fingerprint density at radius 3 is 2.00 bits per heavy atom. The predicted molar refractivity (Wildman–Crippen MR) is 92.4 cm³/mol. The standard InChI is InChI=1S/C15H13F6IN2O4/c1-12(22,10-6-23-10)11(25)28-9-4-2-8(3-5-9)27-7-13(24-26,14(16,17)18)15(19,20)21/h2-5,10,23H,6-7H2,1H3. The van der Waals surface area contributed by atoms with Crippen molar-refractivity contribution >= 4 is 28.6 Å². The summed E-state index contributed by atoms with van der Waals surface area (Å²) in [5.74, 6) is -0.954. The van der Waals surface area contributed by atoms with Crippen LogP contribution in [0.2, 0.25) is 0 Å². The van der Waals surface area contributed by atoms with Crippen molar-refractivity contribution in [2.75, 3.05) is 13.2 Å². The van der Waals surface area contributed by atoms with Crippen molar-refractivity contribution < 1.29 is 40.6 Å². The number of halogens is 7. The number of rotatable bonds is 7. The van der Waals surface area contributed by atoms with E-state index in [-0.39, 0.29) is 11.8 Å². The Bertz CT molecular complexity index is 718. The largest absolute Gasteiger partial charge is 0.490 e. The van der Waals surface area contributed by atoms with Gasteiger partial charge in [0, 0.05) is 12.6 Å². The molecular weight excluding hydrogens is 513 g/mol. The topological polar surface area (TPSA) is 86.9 Å². The monoisotopic (exact) mass is 526 g/mol. The summed E-state index contributed by atoms with van der Waals surface area (Å²) in [6, 6.07) is 4.22. The van der Waals surface area contributed by atoms with Gasteiger partial charge in [-0.3, -0.25) is 4.79 Å². The minimum atomic E-state index is -6.00. The third-order valence-electron chi connectivity index (χ3n) is 4.04. The second-order valence-corrected chi connectivity index (χ2v) is 8.37. The van der Waals surface area contributed by atoms with E-state index in [1.807, 2.05) is 22.6 Å². The van der Waals surface area contributed by atoms with Crippen LogP contribution in [0, 0.1) is 4.91 Å². The molecular formula is C15H13F6IN2O4. The van der Waals surface area contributed by atoms with Crippen LogP contribution < -0.4 is 14.8 Å². The second-order valence-electron chi connectivity index (χ2n) is 6.13. The van der Waals surface area contributed by atoms with E-state index in [1.165, 1.54) is 5.18 Å². The van der Waals surface area contributed by atoms with Gasteiger partial charge in [-0.05, 0) is 36.4 Å². The van der Waals surface area contributed by atoms with Gasteiger partial charge in [0.2, 0.25) is 0 Å². The number of alkyl halides is 7. The molecule has 1 aromatic carbocycles. The van der Waals surface area contributed by atoms with Crippen LogP contribution in [0.1, 0.15) is 6.92 Å². The Morgan fingerprint density at radius 1 is 1.14 bits per heavy atom. The van der Waals surface area contributed by atoms with Crippen molar-refractivity contribution in [2.45, 2.75) is 34.3 Å². The molecule has 0 bridgehead atoms. The van der Waals surface area contributed by atoms with E-state index in [9.17, 15) is 36.0 Å². The molecule has 28 heavy (non-hydrogen) atoms. The minimum absolute atomic E-state index is 0.0207. The molecule has 1 aliphatic heterocycles. The van der Waals surface area contributed by atoms with Crippen LogP contribution in [0.15, 0.2) is 29.4 Å². The number of hydrogen-bond acceptors (Lipinski definition) is 6.